The number of carbonyl (C=O) groups is 1. The molecular weight excluding hydrogens is 295 g/mol. The summed E-state index contributed by atoms with van der Waals surface area (Å²) in [5, 5.41) is 0.0423. The molecule has 0 aromatic heterocycles. The van der Waals surface area contributed by atoms with E-state index >= 15 is 0 Å². The molecule has 0 aliphatic rings. The second-order valence-corrected chi connectivity index (χ2v) is 7.34. The van der Waals surface area contributed by atoms with Crippen LogP contribution in [-0.4, -0.2) is 25.2 Å². The van der Waals surface area contributed by atoms with Crippen molar-refractivity contribution in [2.45, 2.75) is 25.5 Å². The number of hydrogen-bond acceptors (Lipinski definition) is 3. The number of rotatable bonds is 5. The summed E-state index contributed by atoms with van der Waals surface area (Å²) in [5.41, 5.74) is 0.188. The van der Waals surface area contributed by atoms with Crippen molar-refractivity contribution in [1.82, 2.24) is 0 Å². The fourth-order valence-corrected chi connectivity index (χ4v) is 3.20. The van der Waals surface area contributed by atoms with Crippen LogP contribution in [0.25, 0.3) is 0 Å². The molecule has 0 amide bonds. The van der Waals surface area contributed by atoms with Crippen molar-refractivity contribution in [3.05, 3.63) is 33.8 Å². The van der Waals surface area contributed by atoms with Crippen molar-refractivity contribution < 1.29 is 13.2 Å². The number of Topliss-reactive ketones (excluding diaryl/α,β-unsaturated/α-hetero) is 1. The molecule has 1 atom stereocenters. The molecule has 1 rings (SSSR count). The minimum absolute atomic E-state index is 0.173. The van der Waals surface area contributed by atoms with Crippen molar-refractivity contribution >= 4 is 38.8 Å². The maximum atomic E-state index is 11.9. The first kappa shape index (κ1) is 15.5. The minimum Gasteiger partial charge on any atom is -0.293 e. The Labute approximate surface area is 117 Å². The molecule has 1 aromatic rings. The molecule has 0 radical (unpaired) electrons. The molecular formula is C12H14Cl2O3S. The molecule has 3 nitrogen and oxygen atoms in total. The third-order valence-corrected chi connectivity index (χ3v) is 5.52. The number of carbonyl (C=O) groups excluding carboxylic acids is 1. The van der Waals surface area contributed by atoms with Gasteiger partial charge in [0.15, 0.2) is 15.6 Å². The van der Waals surface area contributed by atoms with E-state index in [1.54, 1.807) is 13.8 Å². The zero-order valence-electron chi connectivity index (χ0n) is 10.1. The summed E-state index contributed by atoms with van der Waals surface area (Å²) in [6.07, 6.45) is 0.476. The first-order valence-corrected chi connectivity index (χ1v) is 7.95. The van der Waals surface area contributed by atoms with E-state index in [0.29, 0.717) is 11.4 Å². The lowest BCUT2D eigenvalue weighted by Crippen LogP contribution is -2.25. The Hall–Kier alpha value is -0.580. The molecule has 0 aliphatic heterocycles. The van der Waals surface area contributed by atoms with E-state index in [0.717, 1.165) is 0 Å². The van der Waals surface area contributed by atoms with Gasteiger partial charge >= 0.3 is 0 Å². The van der Waals surface area contributed by atoms with Crippen LogP contribution in [0.4, 0.5) is 0 Å². The van der Waals surface area contributed by atoms with Gasteiger partial charge in [0.2, 0.25) is 0 Å². The van der Waals surface area contributed by atoms with E-state index in [2.05, 4.69) is 0 Å². The highest BCUT2D eigenvalue weighted by Crippen LogP contribution is 2.22. The zero-order valence-corrected chi connectivity index (χ0v) is 12.4. The first-order valence-electron chi connectivity index (χ1n) is 5.47. The Morgan fingerprint density at radius 1 is 1.33 bits per heavy atom. The van der Waals surface area contributed by atoms with Crippen LogP contribution in [0.15, 0.2) is 18.2 Å². The maximum absolute atomic E-state index is 11.9. The molecule has 0 aliphatic carbocycles. The van der Waals surface area contributed by atoms with Gasteiger partial charge < -0.3 is 0 Å². The standard InChI is InChI=1S/C12H14Cl2O3S/c1-3-8(2)18(16,17)7-12(15)10-5-4-9(13)6-11(10)14/h4-6,8H,3,7H2,1-2H3. The van der Waals surface area contributed by atoms with Crippen LogP contribution in [-0.2, 0) is 9.84 Å². The van der Waals surface area contributed by atoms with E-state index in [1.165, 1.54) is 18.2 Å². The van der Waals surface area contributed by atoms with Gasteiger partial charge in [-0.25, -0.2) is 8.42 Å². The van der Waals surface area contributed by atoms with Gasteiger partial charge in [-0.05, 0) is 31.5 Å². The predicted molar refractivity (Wildman–Crippen MR) is 74.3 cm³/mol. The molecule has 0 N–H and O–H groups in total. The van der Waals surface area contributed by atoms with Gasteiger partial charge in [0.25, 0.3) is 0 Å². The van der Waals surface area contributed by atoms with Crippen molar-refractivity contribution in [3.8, 4) is 0 Å². The van der Waals surface area contributed by atoms with E-state index in [4.69, 9.17) is 23.2 Å². The Bertz CT molecular complexity index is 552. The summed E-state index contributed by atoms with van der Waals surface area (Å²) in [5.74, 6) is -1.03. The molecule has 0 saturated carbocycles. The van der Waals surface area contributed by atoms with Crippen LogP contribution >= 0.6 is 23.2 Å². The molecule has 0 spiro atoms. The van der Waals surface area contributed by atoms with Crippen LogP contribution in [0.3, 0.4) is 0 Å². The number of sulfone groups is 1. The molecule has 100 valence electrons. The molecule has 0 heterocycles. The molecule has 18 heavy (non-hydrogen) atoms. The summed E-state index contributed by atoms with van der Waals surface area (Å²) >= 11 is 11.6. The lowest BCUT2D eigenvalue weighted by molar-refractivity contribution is 0.102. The largest absolute Gasteiger partial charge is 0.293 e. The molecule has 6 heteroatoms. The normalized spacial score (nSPS) is 13.3. The lowest BCUT2D eigenvalue weighted by Gasteiger charge is -2.10. The third-order valence-electron chi connectivity index (χ3n) is 2.75. The first-order chi connectivity index (χ1) is 8.27. The summed E-state index contributed by atoms with van der Waals surface area (Å²) in [6, 6.07) is 4.38. The number of hydrogen-bond donors (Lipinski definition) is 0. The van der Waals surface area contributed by atoms with Crippen LogP contribution in [0.2, 0.25) is 10.0 Å². The molecule has 0 fully saturated rings. The summed E-state index contributed by atoms with van der Waals surface area (Å²) in [6.45, 7) is 3.36. The van der Waals surface area contributed by atoms with Gasteiger partial charge in [0.1, 0.15) is 5.75 Å². The summed E-state index contributed by atoms with van der Waals surface area (Å²) in [4.78, 5) is 11.9. The van der Waals surface area contributed by atoms with Crippen molar-refractivity contribution in [2.24, 2.45) is 0 Å². The number of halogens is 2. The SMILES string of the molecule is CCC(C)S(=O)(=O)CC(=O)c1ccc(Cl)cc1Cl. The van der Waals surface area contributed by atoms with Gasteiger partial charge in [-0.2, -0.15) is 0 Å². The van der Waals surface area contributed by atoms with Gasteiger partial charge in [0, 0.05) is 10.6 Å². The molecule has 1 aromatic carbocycles. The number of ketones is 1. The highest BCUT2D eigenvalue weighted by molar-refractivity contribution is 7.92. The molecule has 0 saturated heterocycles. The smallest absolute Gasteiger partial charge is 0.179 e. The topological polar surface area (TPSA) is 51.2 Å². The van der Waals surface area contributed by atoms with Crippen LogP contribution in [0, 0.1) is 0 Å². The minimum atomic E-state index is -3.43. The van der Waals surface area contributed by atoms with Crippen LogP contribution < -0.4 is 0 Å². The number of benzene rings is 1. The van der Waals surface area contributed by atoms with E-state index in [1.807, 2.05) is 0 Å². The third kappa shape index (κ3) is 3.70. The Morgan fingerprint density at radius 2 is 1.94 bits per heavy atom. The maximum Gasteiger partial charge on any atom is 0.179 e. The highest BCUT2D eigenvalue weighted by Gasteiger charge is 2.24. The predicted octanol–water partition coefficient (Wildman–Crippen LogP) is 3.39. The average Bonchev–Trinajstić information content (AvgIpc) is 2.26. The Balaban J connectivity index is 2.96. The van der Waals surface area contributed by atoms with Crippen LogP contribution in [0.5, 0.6) is 0 Å². The fourth-order valence-electron chi connectivity index (χ4n) is 1.37. The second-order valence-electron chi connectivity index (χ2n) is 4.07. The zero-order chi connectivity index (χ0) is 13.9. The van der Waals surface area contributed by atoms with Crippen molar-refractivity contribution in [3.63, 3.8) is 0 Å². The lowest BCUT2D eigenvalue weighted by atomic mass is 10.1. The fraction of sp³-hybridized carbons (Fsp3) is 0.417. The van der Waals surface area contributed by atoms with E-state index in [-0.39, 0.29) is 10.6 Å². The molecule has 0 bridgehead atoms. The van der Waals surface area contributed by atoms with Gasteiger partial charge in [0.05, 0.1) is 10.3 Å². The monoisotopic (exact) mass is 308 g/mol. The van der Waals surface area contributed by atoms with Gasteiger partial charge in [-0.3, -0.25) is 4.79 Å². The summed E-state index contributed by atoms with van der Waals surface area (Å²) < 4.78 is 23.7. The van der Waals surface area contributed by atoms with Crippen molar-refractivity contribution in [1.29, 1.82) is 0 Å². The van der Waals surface area contributed by atoms with E-state index in [9.17, 15) is 13.2 Å². The van der Waals surface area contributed by atoms with E-state index < -0.39 is 26.6 Å². The Morgan fingerprint density at radius 3 is 2.44 bits per heavy atom. The molecule has 1 unspecified atom stereocenters. The summed E-state index contributed by atoms with van der Waals surface area (Å²) in [7, 11) is -3.43. The highest BCUT2D eigenvalue weighted by atomic mass is 35.5. The quantitative estimate of drug-likeness (QED) is 0.783. The average molecular weight is 309 g/mol. The van der Waals surface area contributed by atoms with Gasteiger partial charge in [-0.15, -0.1) is 0 Å². The Kier molecular flexibility index (Phi) is 5.20. The second kappa shape index (κ2) is 6.04. The van der Waals surface area contributed by atoms with Gasteiger partial charge in [-0.1, -0.05) is 30.1 Å². The van der Waals surface area contributed by atoms with Crippen molar-refractivity contribution in [2.75, 3.05) is 5.75 Å². The van der Waals surface area contributed by atoms with Crippen LogP contribution in [0.1, 0.15) is 30.6 Å².